The van der Waals surface area contributed by atoms with Gasteiger partial charge in [0.25, 0.3) is 0 Å². The molecule has 6 nitrogen and oxygen atoms in total. The number of hydrogen-bond donors (Lipinski definition) is 1. The molecule has 0 aliphatic rings. The summed E-state index contributed by atoms with van der Waals surface area (Å²) in [5.74, 6) is 0.0344. The lowest BCUT2D eigenvalue weighted by Crippen LogP contribution is -2.02. The van der Waals surface area contributed by atoms with Crippen molar-refractivity contribution in [2.45, 2.75) is 28.6 Å². The lowest BCUT2D eigenvalue weighted by molar-refractivity contribution is -0.131. The minimum Gasteiger partial charge on any atom is -0.477 e. The smallest absolute Gasteiger partial charge is 0.342 e. The highest BCUT2D eigenvalue weighted by Crippen LogP contribution is 2.33. The molecule has 2 aromatic carbocycles. The molecule has 0 amide bonds. The largest absolute Gasteiger partial charge is 0.477 e. The van der Waals surface area contributed by atoms with Crippen LogP contribution in [0.15, 0.2) is 91.2 Å². The number of benzene rings is 2. The van der Waals surface area contributed by atoms with Gasteiger partial charge in [0.1, 0.15) is 10.7 Å². The van der Waals surface area contributed by atoms with Crippen LogP contribution in [-0.2, 0) is 11.3 Å². The number of carboxylic acids is 1. The minimum absolute atomic E-state index is 0.0837. The quantitative estimate of drug-likeness (QED) is 0.224. The molecule has 0 saturated heterocycles. The lowest BCUT2D eigenvalue weighted by atomic mass is 10.2. The molecule has 0 aliphatic carbocycles. The van der Waals surface area contributed by atoms with Crippen molar-refractivity contribution >= 4 is 47.2 Å². The van der Waals surface area contributed by atoms with E-state index in [1.54, 1.807) is 18.2 Å². The van der Waals surface area contributed by atoms with Crippen LogP contribution in [0, 0.1) is 0 Å². The first-order chi connectivity index (χ1) is 15.5. The molecular formula is C23H18ClN3O3S2. The Labute approximate surface area is 198 Å². The normalized spacial score (nSPS) is 11.6. The van der Waals surface area contributed by atoms with E-state index in [1.807, 2.05) is 60.0 Å². The fourth-order valence-corrected chi connectivity index (χ4v) is 4.69. The molecule has 0 bridgehead atoms. The van der Waals surface area contributed by atoms with Gasteiger partial charge in [-0.1, -0.05) is 41.6 Å². The highest BCUT2D eigenvalue weighted by molar-refractivity contribution is 8.04. The van der Waals surface area contributed by atoms with Gasteiger partial charge in [0, 0.05) is 28.1 Å². The van der Waals surface area contributed by atoms with Crippen LogP contribution < -0.4 is 0 Å². The Morgan fingerprint density at radius 3 is 2.53 bits per heavy atom. The molecule has 0 radical (unpaired) electrons. The summed E-state index contributed by atoms with van der Waals surface area (Å²) in [6.45, 7) is 2.54. The molecule has 0 aliphatic heterocycles. The summed E-state index contributed by atoms with van der Waals surface area (Å²) < 4.78 is 7.67. The van der Waals surface area contributed by atoms with Gasteiger partial charge in [0.2, 0.25) is 0 Å². The molecule has 4 rings (SSSR count). The van der Waals surface area contributed by atoms with Crippen molar-refractivity contribution < 1.29 is 14.3 Å². The number of halogens is 1. The maximum Gasteiger partial charge on any atom is 0.342 e. The van der Waals surface area contributed by atoms with Crippen molar-refractivity contribution in [3.8, 4) is 11.4 Å². The fraction of sp³-hybridized carbons (Fsp3) is 0.0870. The Bertz CT molecular complexity index is 1250. The van der Waals surface area contributed by atoms with Crippen LogP contribution in [0.25, 0.3) is 17.5 Å². The number of hydrogen-bond acceptors (Lipinski definition) is 6. The van der Waals surface area contributed by atoms with Crippen LogP contribution in [-0.4, -0.2) is 25.8 Å². The standard InChI is InChI=1S/C23H18ClN3O3S2/c1-2-27-21(15-8-10-16(24)11-9-15)25-26-23(27)32-19(22(28)29)14-17-12-13-20(30-17)31-18-6-4-3-5-7-18/h3-14H,2H2,1H3,(H,28,29)/b19-14-. The molecule has 0 unspecified atom stereocenters. The van der Waals surface area contributed by atoms with E-state index in [0.29, 0.717) is 33.4 Å². The number of furan rings is 1. The maximum absolute atomic E-state index is 11.9. The van der Waals surface area contributed by atoms with E-state index in [2.05, 4.69) is 10.2 Å². The predicted molar refractivity (Wildman–Crippen MR) is 127 cm³/mol. The number of thioether (sulfide) groups is 1. The lowest BCUT2D eigenvalue weighted by Gasteiger charge is -2.07. The molecular weight excluding hydrogens is 466 g/mol. The topological polar surface area (TPSA) is 81.2 Å². The average molecular weight is 484 g/mol. The van der Waals surface area contributed by atoms with E-state index >= 15 is 0 Å². The molecule has 2 aromatic heterocycles. The van der Waals surface area contributed by atoms with Crippen molar-refractivity contribution in [2.24, 2.45) is 0 Å². The maximum atomic E-state index is 11.9. The van der Waals surface area contributed by atoms with Crippen molar-refractivity contribution in [1.29, 1.82) is 0 Å². The Balaban J connectivity index is 1.57. The number of carboxylic acid groups (broad SMARTS) is 1. The summed E-state index contributed by atoms with van der Waals surface area (Å²) in [6.07, 6.45) is 1.50. The zero-order valence-electron chi connectivity index (χ0n) is 16.9. The number of rotatable bonds is 8. The predicted octanol–water partition coefficient (Wildman–Crippen LogP) is 6.58. The molecule has 0 atom stereocenters. The zero-order valence-corrected chi connectivity index (χ0v) is 19.3. The summed E-state index contributed by atoms with van der Waals surface area (Å²) in [7, 11) is 0. The van der Waals surface area contributed by atoms with Crippen LogP contribution >= 0.6 is 35.1 Å². The molecule has 0 fully saturated rings. The van der Waals surface area contributed by atoms with E-state index in [0.717, 1.165) is 22.2 Å². The summed E-state index contributed by atoms with van der Waals surface area (Å²) >= 11 is 8.48. The summed E-state index contributed by atoms with van der Waals surface area (Å²) in [6, 6.07) is 20.7. The molecule has 32 heavy (non-hydrogen) atoms. The molecule has 1 N–H and O–H groups in total. The first-order valence-electron chi connectivity index (χ1n) is 9.68. The first-order valence-corrected chi connectivity index (χ1v) is 11.7. The Morgan fingerprint density at radius 2 is 1.84 bits per heavy atom. The molecule has 9 heteroatoms. The molecule has 0 spiro atoms. The number of carbonyl (C=O) groups is 1. The highest BCUT2D eigenvalue weighted by atomic mass is 35.5. The van der Waals surface area contributed by atoms with Crippen LogP contribution in [0.2, 0.25) is 5.02 Å². The second-order valence-corrected chi connectivity index (χ2v) is 9.07. The summed E-state index contributed by atoms with van der Waals surface area (Å²) in [5.41, 5.74) is 0.852. The van der Waals surface area contributed by atoms with E-state index in [4.69, 9.17) is 16.0 Å². The number of aliphatic carboxylic acids is 1. The molecule has 4 aromatic rings. The fourth-order valence-electron chi connectivity index (χ4n) is 2.90. The second-order valence-electron chi connectivity index (χ2n) is 6.55. The third-order valence-corrected chi connectivity index (χ3v) is 6.56. The van der Waals surface area contributed by atoms with Crippen molar-refractivity contribution in [3.63, 3.8) is 0 Å². The van der Waals surface area contributed by atoms with E-state index in [1.165, 1.54) is 17.8 Å². The monoisotopic (exact) mass is 483 g/mol. The molecule has 162 valence electrons. The van der Waals surface area contributed by atoms with Crippen molar-refractivity contribution in [3.05, 3.63) is 82.4 Å². The zero-order chi connectivity index (χ0) is 22.5. The van der Waals surface area contributed by atoms with Gasteiger partial charge in [-0.15, -0.1) is 10.2 Å². The Hall–Kier alpha value is -2.94. The number of nitrogens with zero attached hydrogens (tertiary/aromatic N) is 3. The Kier molecular flexibility index (Phi) is 7.04. The van der Waals surface area contributed by atoms with Crippen molar-refractivity contribution in [1.82, 2.24) is 14.8 Å². The van der Waals surface area contributed by atoms with Crippen LogP contribution in [0.1, 0.15) is 12.7 Å². The van der Waals surface area contributed by atoms with Crippen LogP contribution in [0.4, 0.5) is 0 Å². The first kappa shape index (κ1) is 22.3. The van der Waals surface area contributed by atoms with Gasteiger partial charge in [0.05, 0.1) is 0 Å². The summed E-state index contributed by atoms with van der Waals surface area (Å²) in [5, 5.41) is 20.0. The third kappa shape index (κ3) is 5.27. The van der Waals surface area contributed by atoms with Crippen LogP contribution in [0.3, 0.4) is 0 Å². The molecule has 0 saturated carbocycles. The van der Waals surface area contributed by atoms with Gasteiger partial charge in [0.15, 0.2) is 16.1 Å². The summed E-state index contributed by atoms with van der Waals surface area (Å²) in [4.78, 5) is 13.0. The van der Waals surface area contributed by atoms with E-state index < -0.39 is 5.97 Å². The average Bonchev–Trinajstić information content (AvgIpc) is 3.41. The van der Waals surface area contributed by atoms with Crippen molar-refractivity contribution in [2.75, 3.05) is 0 Å². The highest BCUT2D eigenvalue weighted by Gasteiger charge is 2.19. The third-order valence-electron chi connectivity index (χ3n) is 4.38. The van der Waals surface area contributed by atoms with Gasteiger partial charge in [-0.3, -0.25) is 0 Å². The van der Waals surface area contributed by atoms with E-state index in [9.17, 15) is 9.90 Å². The van der Waals surface area contributed by atoms with E-state index in [-0.39, 0.29) is 4.91 Å². The molecule has 2 heterocycles. The van der Waals surface area contributed by atoms with Gasteiger partial charge in [-0.2, -0.15) is 0 Å². The second kappa shape index (κ2) is 10.1. The minimum atomic E-state index is -1.07. The van der Waals surface area contributed by atoms with Gasteiger partial charge in [-0.25, -0.2) is 4.79 Å². The Morgan fingerprint density at radius 1 is 1.09 bits per heavy atom. The van der Waals surface area contributed by atoms with Gasteiger partial charge in [-0.05, 0) is 67.2 Å². The van der Waals surface area contributed by atoms with Crippen LogP contribution in [0.5, 0.6) is 0 Å². The number of aromatic nitrogens is 3. The SMILES string of the molecule is CCn1c(S/C(=C\c2ccc(Sc3ccccc3)o2)C(=O)O)nnc1-c1ccc(Cl)cc1. The van der Waals surface area contributed by atoms with Gasteiger partial charge >= 0.3 is 5.97 Å². The van der Waals surface area contributed by atoms with Gasteiger partial charge < -0.3 is 14.1 Å².